The van der Waals surface area contributed by atoms with Crippen molar-refractivity contribution >= 4 is 21.8 Å². The van der Waals surface area contributed by atoms with Crippen LogP contribution in [0.2, 0.25) is 0 Å². The summed E-state index contributed by atoms with van der Waals surface area (Å²) in [6.07, 6.45) is 5.26. The number of para-hydroxylation sites is 1. The Hall–Kier alpha value is -4.50. The standard InChI is InChI=1S/C44H44N4O.Pd/c1-9-10-13-33-18-19-45-42(22-33)47-40-15-12-11-14-38(40)39-17-16-36(26-41(39)47)49-37-24-34(27(2)3)23-35(25-37)48-32(8)44(31(7)46-48)43-29(5)20-28(4)21-30(43)6;/h11-12,14-24,27H,9-10,13H2,1-8H3;/q-2;+2. The molecule has 50 heavy (non-hydrogen) atoms. The number of hydrogen-bond donors (Lipinski definition) is 0. The van der Waals surface area contributed by atoms with Gasteiger partial charge in [0, 0.05) is 34.5 Å². The van der Waals surface area contributed by atoms with E-state index in [0.717, 1.165) is 69.5 Å². The van der Waals surface area contributed by atoms with E-state index in [0.29, 0.717) is 11.5 Å². The van der Waals surface area contributed by atoms with Crippen LogP contribution in [0.15, 0.2) is 79.0 Å². The smallest absolute Gasteiger partial charge is 0.509 e. The number of rotatable bonds is 9. The zero-order valence-corrected chi connectivity index (χ0v) is 31.8. The van der Waals surface area contributed by atoms with E-state index in [9.17, 15) is 0 Å². The average Bonchev–Trinajstić information content (AvgIpc) is 3.56. The van der Waals surface area contributed by atoms with E-state index in [4.69, 9.17) is 14.8 Å². The van der Waals surface area contributed by atoms with Gasteiger partial charge in [-0.15, -0.1) is 41.3 Å². The van der Waals surface area contributed by atoms with Crippen LogP contribution in [0.25, 0.3) is 44.4 Å². The van der Waals surface area contributed by atoms with Gasteiger partial charge in [0.2, 0.25) is 0 Å². The van der Waals surface area contributed by atoms with Crippen LogP contribution in [0.3, 0.4) is 0 Å². The molecule has 6 heteroatoms. The van der Waals surface area contributed by atoms with Gasteiger partial charge in [-0.25, -0.2) is 4.98 Å². The number of ether oxygens (including phenoxy) is 1. The van der Waals surface area contributed by atoms with E-state index < -0.39 is 0 Å². The number of aryl methyl sites for hydroxylation is 5. The molecule has 0 aliphatic heterocycles. The van der Waals surface area contributed by atoms with E-state index >= 15 is 0 Å². The van der Waals surface area contributed by atoms with Gasteiger partial charge < -0.3 is 9.30 Å². The van der Waals surface area contributed by atoms with Crippen molar-refractivity contribution in [1.82, 2.24) is 19.3 Å². The second-order valence-electron chi connectivity index (χ2n) is 13.7. The summed E-state index contributed by atoms with van der Waals surface area (Å²) in [6.45, 7) is 17.4. The van der Waals surface area contributed by atoms with Crippen molar-refractivity contribution in [2.75, 3.05) is 0 Å². The zero-order chi connectivity index (χ0) is 34.4. The van der Waals surface area contributed by atoms with Gasteiger partial charge in [0.1, 0.15) is 5.82 Å². The molecule has 0 N–H and O–H groups in total. The Balaban J connectivity index is 0.00000432. The molecule has 3 aromatic heterocycles. The first-order chi connectivity index (χ1) is 23.6. The molecule has 0 fully saturated rings. The van der Waals surface area contributed by atoms with E-state index in [1.807, 2.05) is 16.9 Å². The van der Waals surface area contributed by atoms with Gasteiger partial charge >= 0.3 is 20.4 Å². The fourth-order valence-corrected chi connectivity index (χ4v) is 7.27. The third-order valence-electron chi connectivity index (χ3n) is 9.60. The monoisotopic (exact) mass is 750 g/mol. The van der Waals surface area contributed by atoms with Crippen LogP contribution < -0.4 is 4.74 Å². The van der Waals surface area contributed by atoms with Crippen LogP contribution in [0.4, 0.5) is 0 Å². The predicted octanol–water partition coefficient (Wildman–Crippen LogP) is 11.4. The Morgan fingerprint density at radius 1 is 0.800 bits per heavy atom. The molecule has 0 aliphatic carbocycles. The number of benzene rings is 4. The molecule has 5 nitrogen and oxygen atoms in total. The van der Waals surface area contributed by atoms with Crippen molar-refractivity contribution in [2.24, 2.45) is 0 Å². The maximum absolute atomic E-state index is 6.63. The first-order valence-corrected chi connectivity index (χ1v) is 17.4. The molecule has 7 aromatic rings. The minimum absolute atomic E-state index is 0. The quantitative estimate of drug-likeness (QED) is 0.109. The Morgan fingerprint density at radius 3 is 2.30 bits per heavy atom. The summed E-state index contributed by atoms with van der Waals surface area (Å²) in [6, 6.07) is 32.9. The summed E-state index contributed by atoms with van der Waals surface area (Å²) >= 11 is 0. The number of unbranched alkanes of at least 4 members (excludes halogenated alkanes) is 1. The minimum Gasteiger partial charge on any atom is -0.509 e. The maximum Gasteiger partial charge on any atom is 2.00 e. The first-order valence-electron chi connectivity index (χ1n) is 17.4. The van der Waals surface area contributed by atoms with Gasteiger partial charge in [-0.1, -0.05) is 68.6 Å². The van der Waals surface area contributed by atoms with E-state index in [1.54, 1.807) is 0 Å². The average molecular weight is 751 g/mol. The molecule has 7 rings (SSSR count). The molecule has 0 bridgehead atoms. The Kier molecular flexibility index (Phi) is 10.2. The van der Waals surface area contributed by atoms with Gasteiger partial charge in [-0.2, -0.15) is 11.2 Å². The largest absolute Gasteiger partial charge is 2.00 e. The van der Waals surface area contributed by atoms with Gasteiger partial charge in [-0.3, -0.25) is 4.68 Å². The molecule has 0 radical (unpaired) electrons. The van der Waals surface area contributed by atoms with E-state index in [-0.39, 0.29) is 26.3 Å². The van der Waals surface area contributed by atoms with E-state index in [1.165, 1.54) is 33.4 Å². The summed E-state index contributed by atoms with van der Waals surface area (Å²) in [5.74, 6) is 2.44. The number of nitrogens with zero attached hydrogens (tertiary/aromatic N) is 4. The maximum atomic E-state index is 6.63. The fraction of sp³-hybridized carbons (Fsp3) is 0.273. The summed E-state index contributed by atoms with van der Waals surface area (Å²) in [5.41, 5.74) is 13.7. The van der Waals surface area contributed by atoms with Crippen molar-refractivity contribution in [3.63, 3.8) is 0 Å². The molecule has 0 aliphatic rings. The topological polar surface area (TPSA) is 44.9 Å². The van der Waals surface area contributed by atoms with E-state index in [2.05, 4.69) is 139 Å². The normalized spacial score (nSPS) is 11.5. The Labute approximate surface area is 310 Å². The molecule has 0 saturated carbocycles. The molecule has 0 unspecified atom stereocenters. The molecular weight excluding hydrogens is 707 g/mol. The van der Waals surface area contributed by atoms with Crippen molar-refractivity contribution in [1.29, 1.82) is 0 Å². The second kappa shape index (κ2) is 14.4. The van der Waals surface area contributed by atoms with Crippen molar-refractivity contribution in [3.05, 3.63) is 130 Å². The van der Waals surface area contributed by atoms with Crippen LogP contribution in [0.5, 0.6) is 11.5 Å². The molecule has 3 heterocycles. The Bertz CT molecular complexity index is 2320. The Morgan fingerprint density at radius 2 is 1.56 bits per heavy atom. The number of pyridine rings is 1. The third kappa shape index (κ3) is 6.55. The molecule has 0 amide bonds. The zero-order valence-electron chi connectivity index (χ0n) is 30.2. The van der Waals surface area contributed by atoms with Gasteiger partial charge in [0.05, 0.1) is 5.69 Å². The van der Waals surface area contributed by atoms with Crippen molar-refractivity contribution in [3.8, 4) is 34.1 Å². The summed E-state index contributed by atoms with van der Waals surface area (Å²) < 4.78 is 10.9. The summed E-state index contributed by atoms with van der Waals surface area (Å²) in [4.78, 5) is 4.82. The van der Waals surface area contributed by atoms with Crippen molar-refractivity contribution < 1.29 is 25.2 Å². The van der Waals surface area contributed by atoms with Gasteiger partial charge in [0.15, 0.2) is 0 Å². The van der Waals surface area contributed by atoms with Gasteiger partial charge in [-0.05, 0) is 105 Å². The van der Waals surface area contributed by atoms with Crippen LogP contribution in [-0.2, 0) is 26.8 Å². The van der Waals surface area contributed by atoms with Crippen LogP contribution in [0, 0.1) is 46.8 Å². The number of hydrogen-bond acceptors (Lipinski definition) is 3. The molecule has 0 saturated heterocycles. The fourth-order valence-electron chi connectivity index (χ4n) is 7.27. The molecule has 0 atom stereocenters. The number of aromatic nitrogens is 4. The molecule has 256 valence electrons. The summed E-state index contributed by atoms with van der Waals surface area (Å²) in [5, 5.41) is 7.33. The minimum atomic E-state index is 0. The SMILES string of the molecule is CCCCc1ccnc(-n2c3[c-]c(Oc4[c-]c(-n5nc(C)c(-c6c(C)cc(C)cc6C)c5C)cc(C(C)C)c4)ccc3c3ccccc32)c1.[Pd+2]. The number of fused-ring (bicyclic) bond motifs is 3. The van der Waals surface area contributed by atoms with Crippen LogP contribution >= 0.6 is 0 Å². The van der Waals surface area contributed by atoms with Crippen LogP contribution in [-0.4, -0.2) is 19.3 Å². The first kappa shape index (κ1) is 35.3. The molecular formula is C44H44N4OPd. The molecule has 4 aromatic carbocycles. The summed E-state index contributed by atoms with van der Waals surface area (Å²) in [7, 11) is 0. The van der Waals surface area contributed by atoms with Gasteiger partial charge in [0.25, 0.3) is 0 Å². The van der Waals surface area contributed by atoms with Crippen molar-refractivity contribution in [2.45, 2.75) is 80.6 Å². The predicted molar refractivity (Wildman–Crippen MR) is 202 cm³/mol. The van der Waals surface area contributed by atoms with Crippen LogP contribution in [0.1, 0.15) is 78.7 Å². The third-order valence-corrected chi connectivity index (χ3v) is 9.60. The molecule has 0 spiro atoms. The second-order valence-corrected chi connectivity index (χ2v) is 13.7.